The molecule has 2 heteroatoms. The average Bonchev–Trinajstić information content (AvgIpc) is 2.02. The van der Waals surface area contributed by atoms with E-state index in [0.29, 0.717) is 0 Å². The van der Waals surface area contributed by atoms with Crippen LogP contribution in [-0.4, -0.2) is 0 Å². The molecule has 14 heavy (non-hydrogen) atoms. The molecular weight excluding hydrogens is 194 g/mol. The Morgan fingerprint density at radius 1 is 0.929 bits per heavy atom. The highest BCUT2D eigenvalue weighted by atomic mass is 35.5. The number of hydrogen-bond acceptors (Lipinski definition) is 1. The lowest BCUT2D eigenvalue weighted by atomic mass is 9.49. The van der Waals surface area contributed by atoms with Crippen LogP contribution in [0.25, 0.3) is 0 Å². The molecule has 4 fully saturated rings. The van der Waals surface area contributed by atoms with Crippen molar-refractivity contribution in [3.05, 3.63) is 0 Å². The summed E-state index contributed by atoms with van der Waals surface area (Å²) in [5.74, 6) is 3.45. The fraction of sp³-hybridized carbons (Fsp3) is 1.00. The average molecular weight is 218 g/mol. The summed E-state index contributed by atoms with van der Waals surface area (Å²) in [6.45, 7) is 2.42. The molecule has 0 spiro atoms. The maximum absolute atomic E-state index is 2.42. The lowest BCUT2D eigenvalue weighted by molar-refractivity contribution is -0.0545. The Hall–Kier alpha value is 0.250. The van der Waals surface area contributed by atoms with Crippen molar-refractivity contribution in [2.24, 2.45) is 23.2 Å². The molecule has 84 valence electrons. The first kappa shape index (κ1) is 12.3. The summed E-state index contributed by atoms with van der Waals surface area (Å²) < 4.78 is 0. The molecule has 0 amide bonds. The first-order valence-electron chi connectivity index (χ1n) is 5.80. The summed E-state index contributed by atoms with van der Waals surface area (Å²) in [5.41, 5.74) is 0.842. The molecule has 0 aromatic rings. The van der Waals surface area contributed by atoms with Crippen molar-refractivity contribution in [3.8, 4) is 0 Å². The molecule has 4 aliphatic carbocycles. The SMILES string of the molecule is CCC12CC3CC(CC(C3)C1)C2.Cl.N. The second kappa shape index (κ2) is 4.02. The van der Waals surface area contributed by atoms with E-state index >= 15 is 0 Å². The van der Waals surface area contributed by atoms with Gasteiger partial charge in [-0.25, -0.2) is 0 Å². The smallest absolute Gasteiger partial charge is 0.0292 e. The van der Waals surface area contributed by atoms with Gasteiger partial charge >= 0.3 is 0 Å². The molecule has 0 atom stereocenters. The summed E-state index contributed by atoms with van der Waals surface area (Å²) in [6.07, 6.45) is 11.0. The zero-order valence-electron chi connectivity index (χ0n) is 9.30. The maximum Gasteiger partial charge on any atom is -0.0292 e. The number of halogens is 1. The predicted molar refractivity (Wildman–Crippen MR) is 63.2 cm³/mol. The molecule has 4 aliphatic rings. The van der Waals surface area contributed by atoms with Gasteiger partial charge in [0.1, 0.15) is 0 Å². The standard InChI is InChI=1S/C12H20.ClH.H3N/c1-2-12-6-9-3-10(7-12)5-11(4-9)8-12;;/h9-11H,2-8H2,1H3;1H;1H3. The van der Waals surface area contributed by atoms with Crippen molar-refractivity contribution in [2.75, 3.05) is 0 Å². The highest BCUT2D eigenvalue weighted by Crippen LogP contribution is 2.61. The van der Waals surface area contributed by atoms with Gasteiger partial charge in [-0.05, 0) is 61.7 Å². The van der Waals surface area contributed by atoms with Gasteiger partial charge in [-0.3, -0.25) is 0 Å². The molecule has 0 radical (unpaired) electrons. The summed E-state index contributed by atoms with van der Waals surface area (Å²) in [6, 6.07) is 0. The number of rotatable bonds is 1. The molecule has 0 unspecified atom stereocenters. The molecule has 0 heterocycles. The fourth-order valence-electron chi connectivity index (χ4n) is 4.72. The Kier molecular flexibility index (Phi) is 3.53. The molecule has 0 aromatic carbocycles. The van der Waals surface area contributed by atoms with Crippen LogP contribution in [0.5, 0.6) is 0 Å². The van der Waals surface area contributed by atoms with E-state index in [1.165, 1.54) is 6.42 Å². The van der Waals surface area contributed by atoms with Crippen molar-refractivity contribution in [2.45, 2.75) is 51.9 Å². The van der Waals surface area contributed by atoms with Crippen LogP contribution in [0.3, 0.4) is 0 Å². The quantitative estimate of drug-likeness (QED) is 0.702. The van der Waals surface area contributed by atoms with E-state index in [-0.39, 0.29) is 18.6 Å². The molecule has 0 aliphatic heterocycles. The van der Waals surface area contributed by atoms with E-state index < -0.39 is 0 Å². The summed E-state index contributed by atoms with van der Waals surface area (Å²) in [5, 5.41) is 0. The van der Waals surface area contributed by atoms with Crippen molar-refractivity contribution in [3.63, 3.8) is 0 Å². The van der Waals surface area contributed by atoms with E-state index in [0.717, 1.165) is 23.2 Å². The largest absolute Gasteiger partial charge is 0.344 e. The van der Waals surface area contributed by atoms with Crippen molar-refractivity contribution >= 4 is 12.4 Å². The Morgan fingerprint density at radius 2 is 1.29 bits per heavy atom. The Morgan fingerprint density at radius 3 is 1.57 bits per heavy atom. The summed E-state index contributed by atoms with van der Waals surface area (Å²) in [7, 11) is 0. The Bertz CT molecular complexity index is 167. The van der Waals surface area contributed by atoms with Gasteiger partial charge in [0.05, 0.1) is 0 Å². The fourth-order valence-corrected chi connectivity index (χ4v) is 4.72. The molecular formula is C12H24ClN. The minimum absolute atomic E-state index is 0. The summed E-state index contributed by atoms with van der Waals surface area (Å²) in [4.78, 5) is 0. The van der Waals surface area contributed by atoms with E-state index in [9.17, 15) is 0 Å². The third kappa shape index (κ3) is 1.69. The van der Waals surface area contributed by atoms with E-state index in [1.54, 1.807) is 38.5 Å². The van der Waals surface area contributed by atoms with Crippen molar-refractivity contribution in [1.82, 2.24) is 6.15 Å². The first-order chi connectivity index (χ1) is 5.80. The van der Waals surface area contributed by atoms with Crippen LogP contribution in [0.1, 0.15) is 51.9 Å². The van der Waals surface area contributed by atoms with Crippen LogP contribution < -0.4 is 6.15 Å². The minimum Gasteiger partial charge on any atom is -0.344 e. The van der Waals surface area contributed by atoms with Gasteiger partial charge in [0.25, 0.3) is 0 Å². The topological polar surface area (TPSA) is 35.0 Å². The van der Waals surface area contributed by atoms with E-state index in [4.69, 9.17) is 0 Å². The molecule has 4 rings (SSSR count). The Labute approximate surface area is 94.0 Å². The predicted octanol–water partition coefficient (Wildman–Crippen LogP) is 4.20. The van der Waals surface area contributed by atoms with Gasteiger partial charge < -0.3 is 6.15 Å². The van der Waals surface area contributed by atoms with Gasteiger partial charge in [-0.2, -0.15) is 0 Å². The maximum atomic E-state index is 2.42. The lowest BCUT2D eigenvalue weighted by Crippen LogP contribution is -2.45. The van der Waals surface area contributed by atoms with Crippen LogP contribution in [0.4, 0.5) is 0 Å². The summed E-state index contributed by atoms with van der Waals surface area (Å²) >= 11 is 0. The van der Waals surface area contributed by atoms with E-state index in [1.807, 2.05) is 0 Å². The van der Waals surface area contributed by atoms with Gasteiger partial charge in [0, 0.05) is 0 Å². The molecule has 4 saturated carbocycles. The van der Waals surface area contributed by atoms with Crippen LogP contribution >= 0.6 is 12.4 Å². The monoisotopic (exact) mass is 217 g/mol. The van der Waals surface area contributed by atoms with Crippen molar-refractivity contribution in [1.29, 1.82) is 0 Å². The molecule has 0 aromatic heterocycles. The highest BCUT2D eigenvalue weighted by molar-refractivity contribution is 5.85. The molecule has 4 bridgehead atoms. The first-order valence-corrected chi connectivity index (χ1v) is 5.80. The van der Waals surface area contributed by atoms with Gasteiger partial charge in [-0.1, -0.05) is 13.3 Å². The zero-order chi connectivity index (χ0) is 8.18. The second-order valence-electron chi connectivity index (χ2n) is 5.77. The van der Waals surface area contributed by atoms with Crippen LogP contribution in [-0.2, 0) is 0 Å². The second-order valence-corrected chi connectivity index (χ2v) is 5.77. The van der Waals surface area contributed by atoms with Crippen LogP contribution in [0.15, 0.2) is 0 Å². The van der Waals surface area contributed by atoms with Crippen molar-refractivity contribution < 1.29 is 0 Å². The zero-order valence-corrected chi connectivity index (χ0v) is 10.1. The molecule has 3 N–H and O–H groups in total. The third-order valence-corrected chi connectivity index (χ3v) is 4.92. The van der Waals surface area contributed by atoms with E-state index in [2.05, 4.69) is 6.92 Å². The van der Waals surface area contributed by atoms with Crippen LogP contribution in [0.2, 0.25) is 0 Å². The van der Waals surface area contributed by atoms with Gasteiger partial charge in [0.15, 0.2) is 0 Å². The highest BCUT2D eigenvalue weighted by Gasteiger charge is 2.49. The molecule has 1 nitrogen and oxygen atoms in total. The van der Waals surface area contributed by atoms with Gasteiger partial charge in [0.2, 0.25) is 0 Å². The Balaban J connectivity index is 0.000000490. The lowest BCUT2D eigenvalue weighted by Gasteiger charge is -2.56. The van der Waals surface area contributed by atoms with Crippen LogP contribution in [0, 0.1) is 23.2 Å². The third-order valence-electron chi connectivity index (χ3n) is 4.92. The number of hydrogen-bond donors (Lipinski definition) is 1. The normalized spacial score (nSPS) is 48.2. The minimum atomic E-state index is 0. The molecule has 0 saturated heterocycles. The van der Waals surface area contributed by atoms with Gasteiger partial charge in [-0.15, -0.1) is 12.4 Å².